The largest absolute Gasteiger partial charge is 0.467 e. The molecule has 17 heavy (non-hydrogen) atoms. The third-order valence-electron chi connectivity index (χ3n) is 2.93. The van der Waals surface area contributed by atoms with Gasteiger partial charge in [0.1, 0.15) is 5.76 Å². The molecule has 0 aliphatic heterocycles. The molecule has 0 aromatic carbocycles. The monoisotopic (exact) mass is 349 g/mol. The van der Waals surface area contributed by atoms with Crippen LogP contribution in [0.15, 0.2) is 27.8 Å². The molecule has 1 fully saturated rings. The second-order valence-corrected chi connectivity index (χ2v) is 4.13. The molecule has 0 saturated heterocycles. The number of hydrogen-bond acceptors (Lipinski definition) is 2. The Morgan fingerprint density at radius 3 is 2.82 bits per heavy atom. The predicted octanol–water partition coefficient (Wildman–Crippen LogP) is 2.51. The first-order chi connectivity index (χ1) is 7.88. The number of nitrogens with one attached hydrogen (secondary N) is 2. The summed E-state index contributed by atoms with van der Waals surface area (Å²) in [5.41, 5.74) is 0. The van der Waals surface area contributed by atoms with Crippen molar-refractivity contribution < 1.29 is 4.42 Å². The van der Waals surface area contributed by atoms with Gasteiger partial charge in [0.2, 0.25) is 0 Å². The quantitative estimate of drug-likeness (QED) is 0.501. The number of guanidine groups is 1. The lowest BCUT2D eigenvalue weighted by Gasteiger charge is -2.16. The maximum Gasteiger partial charge on any atom is 0.191 e. The van der Waals surface area contributed by atoms with Crippen molar-refractivity contribution in [3.05, 3.63) is 24.2 Å². The first kappa shape index (κ1) is 14.3. The van der Waals surface area contributed by atoms with Gasteiger partial charge < -0.3 is 15.1 Å². The van der Waals surface area contributed by atoms with Gasteiger partial charge in [-0.2, -0.15) is 0 Å². The molecule has 96 valence electrons. The second-order valence-electron chi connectivity index (χ2n) is 4.13. The number of furan rings is 1. The van der Waals surface area contributed by atoms with Gasteiger partial charge in [0.05, 0.1) is 12.8 Å². The molecule has 1 heterocycles. The van der Waals surface area contributed by atoms with Gasteiger partial charge in [-0.15, -0.1) is 24.0 Å². The van der Waals surface area contributed by atoms with Crippen LogP contribution in [-0.2, 0) is 6.54 Å². The fourth-order valence-corrected chi connectivity index (χ4v) is 2.04. The van der Waals surface area contributed by atoms with Gasteiger partial charge in [-0.25, -0.2) is 0 Å². The summed E-state index contributed by atoms with van der Waals surface area (Å²) in [6.07, 6.45) is 6.84. The van der Waals surface area contributed by atoms with Crippen LogP contribution in [0.5, 0.6) is 0 Å². The molecule has 0 spiro atoms. The molecule has 0 bridgehead atoms. The van der Waals surface area contributed by atoms with Gasteiger partial charge in [0.25, 0.3) is 0 Å². The first-order valence-corrected chi connectivity index (χ1v) is 5.88. The fourth-order valence-electron chi connectivity index (χ4n) is 2.04. The van der Waals surface area contributed by atoms with Gasteiger partial charge >= 0.3 is 0 Å². The number of rotatable bonds is 3. The maximum atomic E-state index is 5.25. The van der Waals surface area contributed by atoms with Crippen LogP contribution in [0.4, 0.5) is 0 Å². The summed E-state index contributed by atoms with van der Waals surface area (Å²) in [4.78, 5) is 4.20. The van der Waals surface area contributed by atoms with Crippen LogP contribution in [0.2, 0.25) is 0 Å². The van der Waals surface area contributed by atoms with Crippen molar-refractivity contribution in [1.82, 2.24) is 10.6 Å². The molecule has 0 unspecified atom stereocenters. The van der Waals surface area contributed by atoms with Crippen LogP contribution < -0.4 is 10.6 Å². The number of hydrogen-bond donors (Lipinski definition) is 2. The zero-order valence-electron chi connectivity index (χ0n) is 10.1. The van der Waals surface area contributed by atoms with E-state index in [0.29, 0.717) is 12.6 Å². The van der Waals surface area contributed by atoms with Gasteiger partial charge in [-0.3, -0.25) is 4.99 Å². The Balaban J connectivity index is 0.00000144. The highest BCUT2D eigenvalue weighted by Crippen LogP contribution is 2.17. The molecule has 4 nitrogen and oxygen atoms in total. The van der Waals surface area contributed by atoms with Gasteiger partial charge in [0.15, 0.2) is 5.96 Å². The molecule has 1 aliphatic carbocycles. The van der Waals surface area contributed by atoms with E-state index in [-0.39, 0.29) is 24.0 Å². The van der Waals surface area contributed by atoms with Crippen molar-refractivity contribution >= 4 is 29.9 Å². The number of nitrogens with zero attached hydrogens (tertiary/aromatic N) is 1. The third kappa shape index (κ3) is 4.57. The smallest absolute Gasteiger partial charge is 0.191 e. The Morgan fingerprint density at radius 2 is 2.24 bits per heavy atom. The standard InChI is InChI=1S/C12H19N3O.HI/c1-13-12(15-10-5-2-3-6-10)14-9-11-7-4-8-16-11;/h4,7-8,10H,2-3,5-6,9H2,1H3,(H2,13,14,15);1H. The number of halogens is 1. The minimum Gasteiger partial charge on any atom is -0.467 e. The second kappa shape index (κ2) is 7.58. The van der Waals surface area contributed by atoms with Crippen molar-refractivity contribution in [3.8, 4) is 0 Å². The average Bonchev–Trinajstić information content (AvgIpc) is 2.97. The summed E-state index contributed by atoms with van der Waals surface area (Å²) in [6, 6.07) is 4.43. The normalized spacial score (nSPS) is 16.6. The molecular formula is C12H20IN3O. The van der Waals surface area contributed by atoms with E-state index < -0.39 is 0 Å². The van der Waals surface area contributed by atoms with Gasteiger partial charge in [0, 0.05) is 13.1 Å². The summed E-state index contributed by atoms with van der Waals surface area (Å²) in [5.74, 6) is 1.79. The molecule has 2 N–H and O–H groups in total. The molecule has 0 amide bonds. The molecule has 0 radical (unpaired) electrons. The predicted molar refractivity (Wildman–Crippen MR) is 79.7 cm³/mol. The average molecular weight is 349 g/mol. The Hall–Kier alpha value is -0.720. The first-order valence-electron chi connectivity index (χ1n) is 5.88. The van der Waals surface area contributed by atoms with E-state index in [1.54, 1.807) is 13.3 Å². The summed E-state index contributed by atoms with van der Waals surface area (Å²) >= 11 is 0. The van der Waals surface area contributed by atoms with Crippen molar-refractivity contribution in [2.75, 3.05) is 7.05 Å². The molecular weight excluding hydrogens is 329 g/mol. The topological polar surface area (TPSA) is 49.6 Å². The minimum atomic E-state index is 0. The van der Waals surface area contributed by atoms with Crippen LogP contribution in [0.3, 0.4) is 0 Å². The van der Waals surface area contributed by atoms with Crippen molar-refractivity contribution in [3.63, 3.8) is 0 Å². The summed E-state index contributed by atoms with van der Waals surface area (Å²) < 4.78 is 5.25. The van der Waals surface area contributed by atoms with Crippen molar-refractivity contribution in [2.24, 2.45) is 4.99 Å². The Kier molecular flexibility index (Phi) is 6.39. The highest BCUT2D eigenvalue weighted by atomic mass is 127. The van der Waals surface area contributed by atoms with E-state index in [2.05, 4.69) is 15.6 Å². The zero-order chi connectivity index (χ0) is 11.2. The Labute approximate surface area is 119 Å². The lowest BCUT2D eigenvalue weighted by molar-refractivity contribution is 0.499. The fraction of sp³-hybridized carbons (Fsp3) is 0.583. The molecule has 2 rings (SSSR count). The van der Waals surface area contributed by atoms with E-state index in [9.17, 15) is 0 Å². The summed E-state index contributed by atoms with van der Waals surface area (Å²) in [6.45, 7) is 0.680. The van der Waals surface area contributed by atoms with Crippen molar-refractivity contribution in [2.45, 2.75) is 38.3 Å². The van der Waals surface area contributed by atoms with Crippen LogP contribution in [-0.4, -0.2) is 19.0 Å². The van der Waals surface area contributed by atoms with Gasteiger partial charge in [-0.1, -0.05) is 12.8 Å². The Bertz CT molecular complexity index is 332. The van der Waals surface area contributed by atoms with E-state index in [1.165, 1.54) is 25.7 Å². The lowest BCUT2D eigenvalue weighted by Crippen LogP contribution is -2.41. The molecule has 0 atom stereocenters. The summed E-state index contributed by atoms with van der Waals surface area (Å²) in [7, 11) is 1.80. The molecule has 1 aliphatic rings. The zero-order valence-corrected chi connectivity index (χ0v) is 12.4. The minimum absolute atomic E-state index is 0. The van der Waals surface area contributed by atoms with E-state index in [1.807, 2.05) is 12.1 Å². The third-order valence-corrected chi connectivity index (χ3v) is 2.93. The molecule has 1 aromatic heterocycles. The SMILES string of the molecule is CN=C(NCc1ccco1)NC1CCCC1.I. The maximum absolute atomic E-state index is 5.25. The number of aliphatic imine (C=N–C) groups is 1. The van der Waals surface area contributed by atoms with Crippen LogP contribution in [0.1, 0.15) is 31.4 Å². The lowest BCUT2D eigenvalue weighted by atomic mass is 10.2. The van der Waals surface area contributed by atoms with Crippen LogP contribution >= 0.6 is 24.0 Å². The molecule has 1 saturated carbocycles. The Morgan fingerprint density at radius 1 is 1.47 bits per heavy atom. The molecule has 1 aromatic rings. The van der Waals surface area contributed by atoms with Gasteiger partial charge in [-0.05, 0) is 25.0 Å². The van der Waals surface area contributed by atoms with E-state index in [0.717, 1.165) is 11.7 Å². The summed E-state index contributed by atoms with van der Waals surface area (Å²) in [5, 5.41) is 6.67. The van der Waals surface area contributed by atoms with E-state index >= 15 is 0 Å². The highest BCUT2D eigenvalue weighted by Gasteiger charge is 2.15. The van der Waals surface area contributed by atoms with Crippen LogP contribution in [0, 0.1) is 0 Å². The highest BCUT2D eigenvalue weighted by molar-refractivity contribution is 14.0. The van der Waals surface area contributed by atoms with E-state index in [4.69, 9.17) is 4.42 Å². The van der Waals surface area contributed by atoms with Crippen molar-refractivity contribution in [1.29, 1.82) is 0 Å². The molecule has 5 heteroatoms. The van der Waals surface area contributed by atoms with Crippen LogP contribution in [0.25, 0.3) is 0 Å².